The predicted octanol–water partition coefficient (Wildman–Crippen LogP) is 5.03. The maximum absolute atomic E-state index is 13.5. The number of aliphatic hydroxyl groups is 1. The van der Waals surface area contributed by atoms with Gasteiger partial charge in [-0.05, 0) is 54.7 Å². The van der Waals surface area contributed by atoms with E-state index in [1.54, 1.807) is 36.1 Å². The zero-order valence-electron chi connectivity index (χ0n) is 18.3. The first-order valence-electron chi connectivity index (χ1n) is 10.5. The first kappa shape index (κ1) is 21.1. The number of nitrogens with zero attached hydrogens (tertiary/aromatic N) is 1. The van der Waals surface area contributed by atoms with E-state index >= 15 is 0 Å². The largest absolute Gasteiger partial charge is 0.458 e. The number of hydrogen-bond donors (Lipinski definition) is 1. The van der Waals surface area contributed by atoms with Gasteiger partial charge in [0, 0.05) is 5.56 Å². The smallest absolute Gasteiger partial charge is 0.264 e. The molecular formula is C26H27NO4. The van der Waals surface area contributed by atoms with Gasteiger partial charge in [-0.15, -0.1) is 0 Å². The minimum Gasteiger partial charge on any atom is -0.458 e. The molecule has 0 spiro atoms. The summed E-state index contributed by atoms with van der Waals surface area (Å²) in [5.74, 6) is 0.233. The van der Waals surface area contributed by atoms with Crippen molar-refractivity contribution >= 4 is 17.4 Å². The Kier molecular flexibility index (Phi) is 5.31. The van der Waals surface area contributed by atoms with Gasteiger partial charge in [0.2, 0.25) is 5.78 Å². The molecule has 1 aromatic heterocycles. The number of para-hydroxylation sites is 1. The molecule has 0 radical (unpaired) electrons. The van der Waals surface area contributed by atoms with Gasteiger partial charge in [-0.3, -0.25) is 9.59 Å². The number of Topliss-reactive ketones (excluding diaryl/α,β-unsaturated/α-hetero) is 1. The van der Waals surface area contributed by atoms with Crippen LogP contribution in [0, 0.1) is 13.8 Å². The van der Waals surface area contributed by atoms with Gasteiger partial charge in [-0.1, -0.05) is 50.2 Å². The molecule has 3 aromatic rings. The van der Waals surface area contributed by atoms with Crippen molar-refractivity contribution in [3.63, 3.8) is 0 Å². The molecule has 1 atom stereocenters. The number of benzene rings is 2. The number of ketones is 1. The Hall–Kier alpha value is -3.18. The molecule has 5 nitrogen and oxygen atoms in total. The molecule has 5 heteroatoms. The summed E-state index contributed by atoms with van der Waals surface area (Å²) in [6.45, 7) is 8.35. The molecule has 0 saturated carbocycles. The standard InChI is InChI=1S/C26H27NO4/c1-16(2)19-11-9-17(3)20(13-19)15-27-22-8-6-5-7-21(22)26(30,25(27)29)14-23(28)24-12-10-18(4)31-24/h5-13,16,30H,14-15H2,1-4H3/t26-/m1/s1. The summed E-state index contributed by atoms with van der Waals surface area (Å²) >= 11 is 0. The van der Waals surface area contributed by atoms with Crippen LogP contribution in [0.4, 0.5) is 5.69 Å². The van der Waals surface area contributed by atoms with Crippen LogP contribution in [0.3, 0.4) is 0 Å². The fourth-order valence-electron chi connectivity index (χ4n) is 4.13. The lowest BCUT2D eigenvalue weighted by atomic mass is 9.89. The van der Waals surface area contributed by atoms with E-state index in [-0.39, 0.29) is 12.2 Å². The molecule has 0 aliphatic carbocycles. The highest BCUT2D eigenvalue weighted by Gasteiger charge is 2.51. The number of hydrogen-bond acceptors (Lipinski definition) is 4. The summed E-state index contributed by atoms with van der Waals surface area (Å²) in [6.07, 6.45) is -0.364. The summed E-state index contributed by atoms with van der Waals surface area (Å²) < 4.78 is 5.41. The van der Waals surface area contributed by atoms with E-state index in [0.29, 0.717) is 29.5 Å². The molecule has 4 rings (SSSR count). The highest BCUT2D eigenvalue weighted by Crippen LogP contribution is 2.43. The third-order valence-electron chi connectivity index (χ3n) is 6.04. The van der Waals surface area contributed by atoms with Crippen molar-refractivity contribution in [2.75, 3.05) is 4.90 Å². The normalized spacial score (nSPS) is 18.0. The SMILES string of the molecule is Cc1ccc(C(=O)C[C@]2(O)C(=O)N(Cc3cc(C(C)C)ccc3C)c3ccccc32)o1. The Morgan fingerprint density at radius 3 is 2.52 bits per heavy atom. The van der Waals surface area contributed by atoms with Crippen molar-refractivity contribution in [2.24, 2.45) is 0 Å². The minimum atomic E-state index is -1.92. The van der Waals surface area contributed by atoms with Crippen molar-refractivity contribution in [1.29, 1.82) is 0 Å². The molecule has 1 aliphatic heterocycles. The van der Waals surface area contributed by atoms with Crippen LogP contribution >= 0.6 is 0 Å². The van der Waals surface area contributed by atoms with E-state index in [1.165, 1.54) is 5.56 Å². The molecule has 2 aromatic carbocycles. The molecular weight excluding hydrogens is 390 g/mol. The Balaban J connectivity index is 1.69. The lowest BCUT2D eigenvalue weighted by molar-refractivity contribution is -0.136. The van der Waals surface area contributed by atoms with Gasteiger partial charge >= 0.3 is 0 Å². The van der Waals surface area contributed by atoms with Gasteiger partial charge < -0.3 is 14.4 Å². The number of amides is 1. The van der Waals surface area contributed by atoms with E-state index in [1.807, 2.05) is 19.1 Å². The second-order valence-electron chi connectivity index (χ2n) is 8.62. The molecule has 1 aliphatic rings. The van der Waals surface area contributed by atoms with Crippen LogP contribution in [0.25, 0.3) is 0 Å². The van der Waals surface area contributed by atoms with E-state index in [0.717, 1.165) is 11.1 Å². The number of anilines is 1. The van der Waals surface area contributed by atoms with Crippen molar-refractivity contribution in [1.82, 2.24) is 0 Å². The number of carbonyl (C=O) groups excluding carboxylic acids is 2. The highest BCUT2D eigenvalue weighted by atomic mass is 16.3. The van der Waals surface area contributed by atoms with Crippen LogP contribution in [0.1, 0.15) is 64.8 Å². The predicted molar refractivity (Wildman–Crippen MR) is 119 cm³/mol. The third kappa shape index (κ3) is 3.70. The van der Waals surface area contributed by atoms with E-state index in [2.05, 4.69) is 32.0 Å². The molecule has 31 heavy (non-hydrogen) atoms. The van der Waals surface area contributed by atoms with Gasteiger partial charge in [0.05, 0.1) is 18.7 Å². The van der Waals surface area contributed by atoms with E-state index in [4.69, 9.17) is 4.42 Å². The quantitative estimate of drug-likeness (QED) is 0.571. The Morgan fingerprint density at radius 1 is 1.10 bits per heavy atom. The summed E-state index contributed by atoms with van der Waals surface area (Å²) in [4.78, 5) is 27.9. The number of carbonyl (C=O) groups is 2. The molecule has 1 amide bonds. The van der Waals surface area contributed by atoms with Crippen LogP contribution < -0.4 is 4.90 Å². The van der Waals surface area contributed by atoms with Gasteiger partial charge in [0.25, 0.3) is 5.91 Å². The third-order valence-corrected chi connectivity index (χ3v) is 6.04. The minimum absolute atomic E-state index is 0.148. The number of aryl methyl sites for hydroxylation is 2. The monoisotopic (exact) mass is 417 g/mol. The number of rotatable bonds is 6. The van der Waals surface area contributed by atoms with Crippen molar-refractivity contribution in [2.45, 2.75) is 52.2 Å². The summed E-state index contributed by atoms with van der Waals surface area (Å²) in [5, 5.41) is 11.5. The van der Waals surface area contributed by atoms with Gasteiger partial charge in [-0.25, -0.2) is 0 Å². The van der Waals surface area contributed by atoms with Crippen LogP contribution in [-0.4, -0.2) is 16.8 Å². The Morgan fingerprint density at radius 2 is 1.84 bits per heavy atom. The van der Waals surface area contributed by atoms with E-state index in [9.17, 15) is 14.7 Å². The molecule has 0 bridgehead atoms. The van der Waals surface area contributed by atoms with Crippen molar-refractivity contribution in [3.8, 4) is 0 Å². The molecule has 0 saturated heterocycles. The Bertz CT molecular complexity index is 1160. The number of furan rings is 1. The van der Waals surface area contributed by atoms with Crippen molar-refractivity contribution in [3.05, 3.63) is 88.4 Å². The first-order chi connectivity index (χ1) is 14.7. The second-order valence-corrected chi connectivity index (χ2v) is 8.62. The molecule has 0 fully saturated rings. The van der Waals surface area contributed by atoms with Crippen LogP contribution in [0.15, 0.2) is 59.0 Å². The molecule has 1 N–H and O–H groups in total. The summed E-state index contributed by atoms with van der Waals surface area (Å²) in [7, 11) is 0. The maximum Gasteiger partial charge on any atom is 0.264 e. The Labute approximate surface area is 182 Å². The average Bonchev–Trinajstić information content (AvgIpc) is 3.26. The zero-order valence-corrected chi connectivity index (χ0v) is 18.3. The van der Waals surface area contributed by atoms with Gasteiger partial charge in [0.1, 0.15) is 5.76 Å². The van der Waals surface area contributed by atoms with Crippen LogP contribution in [0.2, 0.25) is 0 Å². The van der Waals surface area contributed by atoms with Crippen molar-refractivity contribution < 1.29 is 19.1 Å². The molecule has 2 heterocycles. The highest BCUT2D eigenvalue weighted by molar-refractivity contribution is 6.10. The average molecular weight is 418 g/mol. The lowest BCUT2D eigenvalue weighted by Gasteiger charge is -2.23. The maximum atomic E-state index is 13.5. The lowest BCUT2D eigenvalue weighted by Crippen LogP contribution is -2.41. The zero-order chi connectivity index (χ0) is 22.3. The summed E-state index contributed by atoms with van der Waals surface area (Å²) in [5.41, 5.74) is 2.46. The van der Waals surface area contributed by atoms with Crippen LogP contribution in [0.5, 0.6) is 0 Å². The first-order valence-corrected chi connectivity index (χ1v) is 10.5. The van der Waals surface area contributed by atoms with E-state index < -0.39 is 17.3 Å². The molecule has 160 valence electrons. The van der Waals surface area contributed by atoms with Crippen LogP contribution in [-0.2, 0) is 16.9 Å². The molecule has 0 unspecified atom stereocenters. The topological polar surface area (TPSA) is 70.8 Å². The fraction of sp³-hybridized carbons (Fsp3) is 0.308. The second kappa shape index (κ2) is 7.82. The fourth-order valence-corrected chi connectivity index (χ4v) is 4.13. The van der Waals surface area contributed by atoms with Gasteiger partial charge in [0.15, 0.2) is 11.4 Å². The number of fused-ring (bicyclic) bond motifs is 1. The summed E-state index contributed by atoms with van der Waals surface area (Å²) in [6, 6.07) is 16.7. The van der Waals surface area contributed by atoms with Gasteiger partial charge in [-0.2, -0.15) is 0 Å².